The van der Waals surface area contributed by atoms with E-state index < -0.39 is 5.97 Å². The molecule has 0 aliphatic carbocycles. The van der Waals surface area contributed by atoms with Crippen LogP contribution in [0, 0.1) is 0 Å². The summed E-state index contributed by atoms with van der Waals surface area (Å²) in [4.78, 5) is 22.3. The number of hydrogen-bond donors (Lipinski definition) is 0. The van der Waals surface area contributed by atoms with Crippen molar-refractivity contribution in [3.63, 3.8) is 0 Å². The fraction of sp³-hybridized carbons (Fsp3) is 0.667. The molecule has 0 aromatic heterocycles. The van der Waals surface area contributed by atoms with Crippen molar-refractivity contribution < 1.29 is 14.3 Å². The molecule has 1 heterocycles. The number of allylic oxidation sites excluding steroid dienone is 2. The molecule has 0 aromatic rings. The lowest BCUT2D eigenvalue weighted by molar-refractivity contribution is -0.159. The molecule has 0 fully saturated rings. The molecule has 0 aromatic carbocycles. The number of rotatable bonds is 0. The highest BCUT2D eigenvalue weighted by Gasteiger charge is 2.09. The molecule has 0 unspecified atom stereocenters. The van der Waals surface area contributed by atoms with Crippen molar-refractivity contribution in [3.8, 4) is 0 Å². The Morgan fingerprint density at radius 3 is 2.33 bits per heavy atom. The second kappa shape index (κ2) is 7.21. The molecule has 3 nitrogen and oxygen atoms in total. The molecule has 0 atom stereocenters. The van der Waals surface area contributed by atoms with Crippen LogP contribution in [0.1, 0.15) is 51.4 Å². The van der Waals surface area contributed by atoms with Gasteiger partial charge in [0.1, 0.15) is 0 Å². The molecule has 15 heavy (non-hydrogen) atoms. The Kier molecular flexibility index (Phi) is 5.74. The minimum absolute atomic E-state index is 0.308. The molecular weight excluding hydrogens is 192 g/mol. The third kappa shape index (κ3) is 6.05. The Balaban J connectivity index is 2.37. The van der Waals surface area contributed by atoms with Crippen molar-refractivity contribution in [2.45, 2.75) is 51.4 Å². The number of cyclic esters (lactones) is 2. The number of esters is 2. The van der Waals surface area contributed by atoms with E-state index in [-0.39, 0.29) is 5.97 Å². The normalized spacial score (nSPS) is 23.2. The topological polar surface area (TPSA) is 43.4 Å². The van der Waals surface area contributed by atoms with Crippen LogP contribution in [0.15, 0.2) is 12.2 Å². The van der Waals surface area contributed by atoms with Crippen LogP contribution in [-0.2, 0) is 14.3 Å². The van der Waals surface area contributed by atoms with Crippen molar-refractivity contribution in [2.24, 2.45) is 0 Å². The molecule has 1 rings (SSSR count). The van der Waals surface area contributed by atoms with Gasteiger partial charge in [-0.1, -0.05) is 25.0 Å². The second-order valence-electron chi connectivity index (χ2n) is 3.81. The fourth-order valence-corrected chi connectivity index (χ4v) is 1.55. The average Bonchev–Trinajstić information content (AvgIpc) is 2.21. The number of carbonyl (C=O) groups is 2. The quantitative estimate of drug-likeness (QED) is 0.351. The molecule has 3 heteroatoms. The Labute approximate surface area is 90.5 Å². The van der Waals surface area contributed by atoms with Crippen LogP contribution in [0.25, 0.3) is 0 Å². The van der Waals surface area contributed by atoms with Crippen molar-refractivity contribution >= 4 is 11.9 Å². The lowest BCUT2D eigenvalue weighted by Gasteiger charge is -2.01. The lowest BCUT2D eigenvalue weighted by atomic mass is 10.1. The smallest absolute Gasteiger partial charge is 0.313 e. The van der Waals surface area contributed by atoms with Gasteiger partial charge in [-0.3, -0.25) is 9.59 Å². The van der Waals surface area contributed by atoms with Crippen LogP contribution >= 0.6 is 0 Å². The molecule has 0 bridgehead atoms. The summed E-state index contributed by atoms with van der Waals surface area (Å²) in [7, 11) is 0. The Morgan fingerprint density at radius 1 is 0.800 bits per heavy atom. The van der Waals surface area contributed by atoms with Gasteiger partial charge < -0.3 is 4.74 Å². The van der Waals surface area contributed by atoms with Crippen LogP contribution in [0.3, 0.4) is 0 Å². The first-order valence-corrected chi connectivity index (χ1v) is 5.67. The summed E-state index contributed by atoms with van der Waals surface area (Å²) in [5.74, 6) is -0.771. The maximum absolute atomic E-state index is 11.1. The third-order valence-electron chi connectivity index (χ3n) is 2.41. The maximum atomic E-state index is 11.1. The highest BCUT2D eigenvalue weighted by Crippen LogP contribution is 2.08. The molecule has 84 valence electrons. The molecule has 0 saturated carbocycles. The SMILES string of the molecule is O=C1CC/C=C/CCCCCCC(=O)O1. The zero-order chi connectivity index (χ0) is 10.9. The largest absolute Gasteiger partial charge is 0.393 e. The van der Waals surface area contributed by atoms with Crippen molar-refractivity contribution in [1.82, 2.24) is 0 Å². The summed E-state index contributed by atoms with van der Waals surface area (Å²) in [6.45, 7) is 0. The van der Waals surface area contributed by atoms with Crippen molar-refractivity contribution in [1.29, 1.82) is 0 Å². The predicted octanol–water partition coefficient (Wildman–Crippen LogP) is 2.75. The van der Waals surface area contributed by atoms with E-state index >= 15 is 0 Å². The maximum Gasteiger partial charge on any atom is 0.313 e. The summed E-state index contributed by atoms with van der Waals surface area (Å²) in [6, 6.07) is 0. The minimum atomic E-state index is -0.399. The van der Waals surface area contributed by atoms with Gasteiger partial charge >= 0.3 is 11.9 Å². The fourth-order valence-electron chi connectivity index (χ4n) is 1.55. The van der Waals surface area contributed by atoms with Crippen LogP contribution in [0.2, 0.25) is 0 Å². The molecule has 0 N–H and O–H groups in total. The predicted molar refractivity (Wildman–Crippen MR) is 57.2 cm³/mol. The van der Waals surface area contributed by atoms with Gasteiger partial charge in [-0.15, -0.1) is 0 Å². The molecule has 0 radical (unpaired) electrons. The van der Waals surface area contributed by atoms with E-state index in [1.807, 2.05) is 6.08 Å². The second-order valence-corrected chi connectivity index (χ2v) is 3.81. The van der Waals surface area contributed by atoms with Gasteiger partial charge in [-0.2, -0.15) is 0 Å². The molecular formula is C12H18O3. The van der Waals surface area contributed by atoms with E-state index in [0.29, 0.717) is 19.3 Å². The van der Waals surface area contributed by atoms with Gasteiger partial charge in [0, 0.05) is 12.8 Å². The first-order valence-electron chi connectivity index (χ1n) is 5.67. The Hall–Kier alpha value is -1.12. The lowest BCUT2D eigenvalue weighted by Crippen LogP contribution is -2.11. The summed E-state index contributed by atoms with van der Waals surface area (Å²) < 4.78 is 4.65. The van der Waals surface area contributed by atoms with Crippen molar-refractivity contribution in [2.75, 3.05) is 0 Å². The number of hydrogen-bond acceptors (Lipinski definition) is 3. The Bertz CT molecular complexity index is 243. The number of ether oxygens (including phenoxy) is 1. The van der Waals surface area contributed by atoms with E-state index in [4.69, 9.17) is 0 Å². The van der Waals surface area contributed by atoms with Crippen LogP contribution in [0.5, 0.6) is 0 Å². The van der Waals surface area contributed by atoms with Crippen LogP contribution in [0.4, 0.5) is 0 Å². The van der Waals surface area contributed by atoms with Crippen LogP contribution < -0.4 is 0 Å². The Morgan fingerprint density at radius 2 is 1.47 bits per heavy atom. The molecule has 0 spiro atoms. The van der Waals surface area contributed by atoms with Gasteiger partial charge in [-0.25, -0.2) is 0 Å². The van der Waals surface area contributed by atoms with Gasteiger partial charge in [0.05, 0.1) is 0 Å². The van der Waals surface area contributed by atoms with Crippen molar-refractivity contribution in [3.05, 3.63) is 12.2 Å². The zero-order valence-corrected chi connectivity index (χ0v) is 9.04. The average molecular weight is 210 g/mol. The first-order chi connectivity index (χ1) is 7.29. The monoisotopic (exact) mass is 210 g/mol. The third-order valence-corrected chi connectivity index (χ3v) is 2.41. The van der Waals surface area contributed by atoms with E-state index in [1.165, 1.54) is 6.42 Å². The molecule has 0 saturated heterocycles. The van der Waals surface area contributed by atoms with E-state index in [1.54, 1.807) is 0 Å². The molecule has 1 aliphatic heterocycles. The minimum Gasteiger partial charge on any atom is -0.393 e. The summed E-state index contributed by atoms with van der Waals surface area (Å²) in [5.41, 5.74) is 0. The van der Waals surface area contributed by atoms with Gasteiger partial charge in [-0.05, 0) is 25.7 Å². The highest BCUT2D eigenvalue weighted by atomic mass is 16.6. The van der Waals surface area contributed by atoms with Gasteiger partial charge in [0.25, 0.3) is 0 Å². The highest BCUT2D eigenvalue weighted by molar-refractivity contribution is 5.85. The van der Waals surface area contributed by atoms with E-state index in [9.17, 15) is 9.59 Å². The summed E-state index contributed by atoms with van der Waals surface area (Å²) >= 11 is 0. The first kappa shape index (κ1) is 12.0. The summed E-state index contributed by atoms with van der Waals surface area (Å²) in [6.07, 6.45) is 10.7. The zero-order valence-electron chi connectivity index (χ0n) is 9.04. The number of carbonyl (C=O) groups excluding carboxylic acids is 2. The summed E-state index contributed by atoms with van der Waals surface area (Å²) in [5, 5.41) is 0. The van der Waals surface area contributed by atoms with E-state index in [0.717, 1.165) is 25.7 Å². The molecule has 1 aliphatic rings. The van der Waals surface area contributed by atoms with Gasteiger partial charge in [0.15, 0.2) is 0 Å². The standard InChI is InChI=1S/C12H18O3/c13-11-9-7-5-3-1-2-4-6-8-10-12(14)15-11/h3,5H,1-2,4,6-10H2/b5-3+. The van der Waals surface area contributed by atoms with Crippen LogP contribution in [-0.4, -0.2) is 11.9 Å². The van der Waals surface area contributed by atoms with E-state index in [2.05, 4.69) is 10.8 Å². The molecule has 0 amide bonds. The van der Waals surface area contributed by atoms with Gasteiger partial charge in [0.2, 0.25) is 0 Å².